The average molecular weight is 143 g/mol. The van der Waals surface area contributed by atoms with E-state index in [1.807, 2.05) is 0 Å². The first-order valence-corrected chi connectivity index (χ1v) is 7.42. The molecule has 0 amide bonds. The minimum Gasteiger partial charge on any atom is -0.317 e. The standard InChI is InChI=1S/C7H17NSi/c1-9(2,3)7-5-4-6-8-7/h7-8H,4-6H2,1-3H3. The zero-order chi connectivity index (χ0) is 6.91. The first-order chi connectivity index (χ1) is 4.11. The second-order valence-corrected chi connectivity index (χ2v) is 9.44. The van der Waals surface area contributed by atoms with Crippen LogP contribution in [0.25, 0.3) is 0 Å². The Kier molecular flexibility index (Phi) is 1.96. The summed E-state index contributed by atoms with van der Waals surface area (Å²) in [4.78, 5) is 0. The maximum Gasteiger partial charge on any atom is 0.0635 e. The molecule has 1 aliphatic rings. The summed E-state index contributed by atoms with van der Waals surface area (Å²) in [6.45, 7) is 8.58. The molecule has 1 rings (SSSR count). The minimum absolute atomic E-state index is 0.835. The first-order valence-electron chi connectivity index (χ1n) is 3.84. The Morgan fingerprint density at radius 2 is 2.00 bits per heavy atom. The normalized spacial score (nSPS) is 29.0. The van der Waals surface area contributed by atoms with Crippen LogP contribution < -0.4 is 5.32 Å². The largest absolute Gasteiger partial charge is 0.317 e. The van der Waals surface area contributed by atoms with Crippen molar-refractivity contribution in [2.75, 3.05) is 6.54 Å². The molecule has 1 unspecified atom stereocenters. The van der Waals surface area contributed by atoms with Gasteiger partial charge in [0.15, 0.2) is 0 Å². The fourth-order valence-corrected chi connectivity index (χ4v) is 3.25. The highest BCUT2D eigenvalue weighted by Gasteiger charge is 2.28. The van der Waals surface area contributed by atoms with Gasteiger partial charge in [-0.05, 0) is 25.1 Å². The smallest absolute Gasteiger partial charge is 0.0635 e. The Balaban J connectivity index is 2.42. The van der Waals surface area contributed by atoms with Gasteiger partial charge in [-0.3, -0.25) is 0 Å². The van der Waals surface area contributed by atoms with E-state index in [2.05, 4.69) is 25.0 Å². The molecule has 0 aliphatic carbocycles. The van der Waals surface area contributed by atoms with E-state index in [1.54, 1.807) is 0 Å². The number of rotatable bonds is 1. The predicted octanol–water partition coefficient (Wildman–Crippen LogP) is 1.62. The Bertz CT molecular complexity index is 89.6. The van der Waals surface area contributed by atoms with E-state index in [-0.39, 0.29) is 0 Å². The second-order valence-electron chi connectivity index (χ2n) is 4.01. The Hall–Kier alpha value is 0.177. The monoisotopic (exact) mass is 143 g/mol. The van der Waals surface area contributed by atoms with Crippen LogP contribution in [0.15, 0.2) is 0 Å². The lowest BCUT2D eigenvalue weighted by atomic mass is 10.4. The van der Waals surface area contributed by atoms with Crippen molar-refractivity contribution in [2.45, 2.75) is 38.1 Å². The molecule has 1 nitrogen and oxygen atoms in total. The molecule has 0 aromatic carbocycles. The number of nitrogens with one attached hydrogen (secondary N) is 1. The summed E-state index contributed by atoms with van der Waals surface area (Å²) in [5.41, 5.74) is 0.900. The Morgan fingerprint density at radius 3 is 2.22 bits per heavy atom. The van der Waals surface area contributed by atoms with Crippen LogP contribution in [0.3, 0.4) is 0 Å². The molecule has 0 saturated carbocycles. The van der Waals surface area contributed by atoms with E-state index in [0.29, 0.717) is 0 Å². The van der Waals surface area contributed by atoms with Crippen LogP contribution >= 0.6 is 0 Å². The molecule has 1 saturated heterocycles. The molecule has 0 radical (unpaired) electrons. The lowest BCUT2D eigenvalue weighted by Gasteiger charge is -2.24. The molecule has 9 heavy (non-hydrogen) atoms. The van der Waals surface area contributed by atoms with Gasteiger partial charge in [0.2, 0.25) is 0 Å². The predicted molar refractivity (Wildman–Crippen MR) is 44.4 cm³/mol. The van der Waals surface area contributed by atoms with E-state index in [9.17, 15) is 0 Å². The molecule has 1 fully saturated rings. The third-order valence-electron chi connectivity index (χ3n) is 2.11. The van der Waals surface area contributed by atoms with Crippen LogP contribution in [0.5, 0.6) is 0 Å². The number of hydrogen-bond acceptors (Lipinski definition) is 1. The molecule has 1 heterocycles. The molecule has 54 valence electrons. The van der Waals surface area contributed by atoms with Crippen molar-refractivity contribution in [2.24, 2.45) is 0 Å². The van der Waals surface area contributed by atoms with Crippen molar-refractivity contribution < 1.29 is 0 Å². The van der Waals surface area contributed by atoms with Gasteiger partial charge in [0, 0.05) is 0 Å². The van der Waals surface area contributed by atoms with Crippen LogP contribution in [0.1, 0.15) is 12.8 Å². The zero-order valence-corrected chi connectivity index (χ0v) is 7.70. The summed E-state index contributed by atoms with van der Waals surface area (Å²) < 4.78 is 0. The number of hydrogen-bond donors (Lipinski definition) is 1. The lowest BCUT2D eigenvalue weighted by Crippen LogP contribution is -2.44. The molecule has 1 atom stereocenters. The van der Waals surface area contributed by atoms with E-state index in [0.717, 1.165) is 5.67 Å². The molecule has 1 N–H and O–H groups in total. The van der Waals surface area contributed by atoms with E-state index >= 15 is 0 Å². The van der Waals surface area contributed by atoms with Gasteiger partial charge in [-0.1, -0.05) is 19.6 Å². The van der Waals surface area contributed by atoms with Crippen molar-refractivity contribution in [1.29, 1.82) is 0 Å². The van der Waals surface area contributed by atoms with Crippen LogP contribution in [-0.4, -0.2) is 20.3 Å². The third-order valence-corrected chi connectivity index (χ3v) is 4.69. The van der Waals surface area contributed by atoms with Crippen molar-refractivity contribution in [3.8, 4) is 0 Å². The maximum atomic E-state index is 3.56. The summed E-state index contributed by atoms with van der Waals surface area (Å²) in [5, 5.41) is 3.56. The van der Waals surface area contributed by atoms with E-state index in [1.165, 1.54) is 19.4 Å². The van der Waals surface area contributed by atoms with E-state index < -0.39 is 8.07 Å². The van der Waals surface area contributed by atoms with Gasteiger partial charge < -0.3 is 5.32 Å². The molecule has 0 aromatic heterocycles. The zero-order valence-electron chi connectivity index (χ0n) is 6.70. The van der Waals surface area contributed by atoms with Crippen LogP contribution in [0, 0.1) is 0 Å². The molecular formula is C7H17NSi. The Morgan fingerprint density at radius 1 is 1.33 bits per heavy atom. The van der Waals surface area contributed by atoms with Gasteiger partial charge in [0.05, 0.1) is 8.07 Å². The molecule has 0 bridgehead atoms. The summed E-state index contributed by atoms with van der Waals surface area (Å²) in [6, 6.07) is 0. The molecular weight excluding hydrogens is 126 g/mol. The van der Waals surface area contributed by atoms with Gasteiger partial charge in [0.1, 0.15) is 0 Å². The van der Waals surface area contributed by atoms with Crippen LogP contribution in [0.2, 0.25) is 19.6 Å². The van der Waals surface area contributed by atoms with Gasteiger partial charge in [-0.25, -0.2) is 0 Å². The summed E-state index contributed by atoms with van der Waals surface area (Å²) in [7, 11) is -0.835. The molecule has 1 aliphatic heterocycles. The fourth-order valence-electron chi connectivity index (χ4n) is 1.42. The Labute approximate surface area is 58.9 Å². The van der Waals surface area contributed by atoms with Gasteiger partial charge in [-0.2, -0.15) is 0 Å². The van der Waals surface area contributed by atoms with Gasteiger partial charge >= 0.3 is 0 Å². The van der Waals surface area contributed by atoms with Crippen molar-refractivity contribution in [3.05, 3.63) is 0 Å². The summed E-state index contributed by atoms with van der Waals surface area (Å²) >= 11 is 0. The van der Waals surface area contributed by atoms with Crippen LogP contribution in [-0.2, 0) is 0 Å². The first kappa shape index (κ1) is 7.29. The van der Waals surface area contributed by atoms with Crippen molar-refractivity contribution in [3.63, 3.8) is 0 Å². The topological polar surface area (TPSA) is 12.0 Å². The highest BCUT2D eigenvalue weighted by Crippen LogP contribution is 2.16. The quantitative estimate of drug-likeness (QED) is 0.550. The van der Waals surface area contributed by atoms with Crippen molar-refractivity contribution >= 4 is 8.07 Å². The van der Waals surface area contributed by atoms with Crippen molar-refractivity contribution in [1.82, 2.24) is 5.32 Å². The third kappa shape index (κ3) is 1.80. The van der Waals surface area contributed by atoms with Gasteiger partial charge in [-0.15, -0.1) is 0 Å². The minimum atomic E-state index is -0.835. The fraction of sp³-hybridized carbons (Fsp3) is 1.00. The summed E-state index contributed by atoms with van der Waals surface area (Å²) in [6.07, 6.45) is 2.82. The van der Waals surface area contributed by atoms with Gasteiger partial charge in [0.25, 0.3) is 0 Å². The lowest BCUT2D eigenvalue weighted by molar-refractivity contribution is 0.764. The highest BCUT2D eigenvalue weighted by atomic mass is 28.3. The second kappa shape index (κ2) is 2.43. The molecule has 2 heteroatoms. The van der Waals surface area contributed by atoms with Crippen LogP contribution in [0.4, 0.5) is 0 Å². The summed E-state index contributed by atoms with van der Waals surface area (Å²) in [5.74, 6) is 0. The highest BCUT2D eigenvalue weighted by molar-refractivity contribution is 6.77. The SMILES string of the molecule is C[Si](C)(C)C1CCCN1. The average Bonchev–Trinajstić information content (AvgIpc) is 2.08. The maximum absolute atomic E-state index is 3.56. The van der Waals surface area contributed by atoms with E-state index in [4.69, 9.17) is 0 Å². The molecule has 0 spiro atoms. The molecule has 0 aromatic rings.